The van der Waals surface area contributed by atoms with E-state index >= 15 is 0 Å². The van der Waals surface area contributed by atoms with E-state index in [-0.39, 0.29) is 12.1 Å². The summed E-state index contributed by atoms with van der Waals surface area (Å²) in [6.07, 6.45) is 1.44. The van der Waals surface area contributed by atoms with Crippen LogP contribution in [0.2, 0.25) is 0 Å². The molecule has 104 valence electrons. The Morgan fingerprint density at radius 1 is 1.44 bits per heavy atom. The molecule has 1 heterocycles. The zero-order chi connectivity index (χ0) is 13.9. The van der Waals surface area contributed by atoms with E-state index in [2.05, 4.69) is 0 Å². The van der Waals surface area contributed by atoms with Crippen molar-refractivity contribution in [2.75, 3.05) is 19.6 Å². The molecule has 0 spiro atoms. The number of carbonyl (C=O) groups excluding carboxylic acids is 1. The van der Waals surface area contributed by atoms with Crippen LogP contribution < -0.4 is 0 Å². The Morgan fingerprint density at radius 3 is 2.44 bits per heavy atom. The number of amides is 2. The van der Waals surface area contributed by atoms with Crippen molar-refractivity contribution < 1.29 is 14.7 Å². The minimum absolute atomic E-state index is 0.0307. The third-order valence-corrected chi connectivity index (χ3v) is 3.97. The molecule has 18 heavy (non-hydrogen) atoms. The van der Waals surface area contributed by atoms with Gasteiger partial charge in [-0.3, -0.25) is 4.79 Å². The lowest BCUT2D eigenvalue weighted by molar-refractivity contribution is -0.147. The van der Waals surface area contributed by atoms with Crippen LogP contribution in [0.5, 0.6) is 0 Å². The summed E-state index contributed by atoms with van der Waals surface area (Å²) in [5.41, 5.74) is -0.787. The average Bonchev–Trinajstić information content (AvgIpc) is 2.74. The first kappa shape index (κ1) is 14.8. The second-order valence-electron chi connectivity index (χ2n) is 5.36. The fourth-order valence-electron chi connectivity index (χ4n) is 2.34. The number of aliphatic carboxylic acids is 1. The van der Waals surface area contributed by atoms with E-state index in [1.54, 1.807) is 11.8 Å². The van der Waals surface area contributed by atoms with E-state index in [0.29, 0.717) is 26.1 Å². The van der Waals surface area contributed by atoms with Gasteiger partial charge in [0.2, 0.25) is 0 Å². The molecule has 1 rings (SSSR count). The van der Waals surface area contributed by atoms with Gasteiger partial charge in [0, 0.05) is 25.7 Å². The zero-order valence-electron chi connectivity index (χ0n) is 11.8. The van der Waals surface area contributed by atoms with Gasteiger partial charge in [0.1, 0.15) is 0 Å². The van der Waals surface area contributed by atoms with Gasteiger partial charge < -0.3 is 14.9 Å². The highest BCUT2D eigenvalue weighted by molar-refractivity contribution is 5.79. The number of rotatable bonds is 4. The van der Waals surface area contributed by atoms with Crippen LogP contribution in [0.4, 0.5) is 4.79 Å². The lowest BCUT2D eigenvalue weighted by atomic mass is 9.90. The van der Waals surface area contributed by atoms with E-state index in [9.17, 15) is 14.7 Å². The summed E-state index contributed by atoms with van der Waals surface area (Å²) < 4.78 is 0. The molecule has 1 aliphatic heterocycles. The van der Waals surface area contributed by atoms with Crippen molar-refractivity contribution in [1.82, 2.24) is 9.80 Å². The quantitative estimate of drug-likeness (QED) is 0.837. The molecule has 2 unspecified atom stereocenters. The summed E-state index contributed by atoms with van der Waals surface area (Å²) in [5, 5.41) is 9.17. The highest BCUT2D eigenvalue weighted by atomic mass is 16.4. The number of hydrogen-bond donors (Lipinski definition) is 1. The Kier molecular flexibility index (Phi) is 4.59. The van der Waals surface area contributed by atoms with Crippen molar-refractivity contribution in [1.29, 1.82) is 0 Å². The average molecular weight is 256 g/mol. The Bertz CT molecular complexity index is 332. The predicted octanol–water partition coefficient (Wildman–Crippen LogP) is 2.02. The maximum absolute atomic E-state index is 12.3. The molecular weight excluding hydrogens is 232 g/mol. The van der Waals surface area contributed by atoms with Gasteiger partial charge in [0.25, 0.3) is 0 Å². The molecule has 2 atom stereocenters. The van der Waals surface area contributed by atoms with Crippen LogP contribution in [0, 0.1) is 5.41 Å². The van der Waals surface area contributed by atoms with Gasteiger partial charge in [-0.25, -0.2) is 4.79 Å². The molecular formula is C13H24N2O3. The third-order valence-electron chi connectivity index (χ3n) is 3.97. The number of carbonyl (C=O) groups is 2. The minimum Gasteiger partial charge on any atom is -0.481 e. The second kappa shape index (κ2) is 5.59. The van der Waals surface area contributed by atoms with E-state index in [0.717, 1.165) is 6.42 Å². The fourth-order valence-corrected chi connectivity index (χ4v) is 2.34. The van der Waals surface area contributed by atoms with Gasteiger partial charge in [-0.1, -0.05) is 6.92 Å². The lowest BCUT2D eigenvalue weighted by Gasteiger charge is -2.32. The fraction of sp³-hybridized carbons (Fsp3) is 0.846. The van der Waals surface area contributed by atoms with Gasteiger partial charge >= 0.3 is 12.0 Å². The second-order valence-corrected chi connectivity index (χ2v) is 5.36. The molecule has 0 saturated carbocycles. The van der Waals surface area contributed by atoms with Crippen LogP contribution in [-0.2, 0) is 4.79 Å². The first-order valence-corrected chi connectivity index (χ1v) is 6.64. The molecule has 1 N–H and O–H groups in total. The molecule has 0 radical (unpaired) electrons. The van der Waals surface area contributed by atoms with Gasteiger partial charge in [-0.15, -0.1) is 0 Å². The summed E-state index contributed by atoms with van der Waals surface area (Å²) in [7, 11) is 0. The van der Waals surface area contributed by atoms with Gasteiger partial charge in [0.15, 0.2) is 0 Å². The Hall–Kier alpha value is -1.26. The molecule has 1 aliphatic rings. The lowest BCUT2D eigenvalue weighted by Crippen LogP contribution is -2.47. The van der Waals surface area contributed by atoms with Crippen molar-refractivity contribution in [3.63, 3.8) is 0 Å². The van der Waals surface area contributed by atoms with E-state index in [1.807, 2.05) is 25.7 Å². The highest BCUT2D eigenvalue weighted by Crippen LogP contribution is 2.30. The minimum atomic E-state index is -0.815. The smallest absolute Gasteiger partial charge is 0.320 e. The normalized spacial score (nSPS) is 25.0. The van der Waals surface area contributed by atoms with Crippen LogP contribution >= 0.6 is 0 Å². The Balaban J connectivity index is 2.72. The third kappa shape index (κ3) is 2.76. The largest absolute Gasteiger partial charge is 0.481 e. The molecule has 1 fully saturated rings. The number of nitrogens with zero attached hydrogens (tertiary/aromatic N) is 2. The molecule has 2 amide bonds. The SMILES string of the molecule is CCC(C)N(CC)C(=O)N1CCC(C)(C(=O)O)C1. The number of hydrogen-bond acceptors (Lipinski definition) is 2. The number of likely N-dealkylation sites (tertiary alicyclic amines) is 1. The molecule has 0 aromatic carbocycles. The predicted molar refractivity (Wildman–Crippen MR) is 69.5 cm³/mol. The molecule has 0 aromatic rings. The van der Waals surface area contributed by atoms with Crippen molar-refractivity contribution in [3.05, 3.63) is 0 Å². The van der Waals surface area contributed by atoms with Gasteiger partial charge in [-0.2, -0.15) is 0 Å². The van der Waals surface area contributed by atoms with E-state index in [4.69, 9.17) is 0 Å². The van der Waals surface area contributed by atoms with Crippen molar-refractivity contribution in [2.45, 2.75) is 46.6 Å². The van der Waals surface area contributed by atoms with Crippen LogP contribution in [-0.4, -0.2) is 52.6 Å². The van der Waals surface area contributed by atoms with Crippen molar-refractivity contribution in [2.24, 2.45) is 5.41 Å². The summed E-state index contributed by atoms with van der Waals surface area (Å²) in [5.74, 6) is -0.815. The maximum atomic E-state index is 12.3. The Labute approximate surface area is 109 Å². The summed E-state index contributed by atoms with van der Waals surface area (Å²) in [4.78, 5) is 27.0. The molecule has 5 heteroatoms. The summed E-state index contributed by atoms with van der Waals surface area (Å²) in [6.45, 7) is 9.25. The van der Waals surface area contributed by atoms with Crippen LogP contribution in [0.3, 0.4) is 0 Å². The Morgan fingerprint density at radius 2 is 2.06 bits per heavy atom. The molecule has 0 aliphatic carbocycles. The maximum Gasteiger partial charge on any atom is 0.320 e. The topological polar surface area (TPSA) is 60.9 Å². The van der Waals surface area contributed by atoms with Crippen molar-refractivity contribution in [3.8, 4) is 0 Å². The highest BCUT2D eigenvalue weighted by Gasteiger charge is 2.43. The monoisotopic (exact) mass is 256 g/mol. The van der Waals surface area contributed by atoms with E-state index < -0.39 is 11.4 Å². The molecule has 5 nitrogen and oxygen atoms in total. The summed E-state index contributed by atoms with van der Waals surface area (Å²) in [6, 6.07) is 0.163. The number of urea groups is 1. The molecule has 1 saturated heterocycles. The van der Waals surface area contributed by atoms with Crippen molar-refractivity contribution >= 4 is 12.0 Å². The standard InChI is InChI=1S/C13H24N2O3/c1-5-10(3)15(6-2)12(18)14-8-7-13(4,9-14)11(16)17/h10H,5-9H2,1-4H3,(H,16,17). The summed E-state index contributed by atoms with van der Waals surface area (Å²) >= 11 is 0. The van der Waals surface area contributed by atoms with Crippen LogP contribution in [0.15, 0.2) is 0 Å². The number of carboxylic acid groups (broad SMARTS) is 1. The zero-order valence-corrected chi connectivity index (χ0v) is 11.8. The van der Waals surface area contributed by atoms with Crippen LogP contribution in [0.25, 0.3) is 0 Å². The molecule has 0 aromatic heterocycles. The van der Waals surface area contributed by atoms with Gasteiger partial charge in [0.05, 0.1) is 5.41 Å². The van der Waals surface area contributed by atoms with E-state index in [1.165, 1.54) is 0 Å². The number of carboxylic acids is 1. The first-order chi connectivity index (χ1) is 8.35. The van der Waals surface area contributed by atoms with Crippen LogP contribution in [0.1, 0.15) is 40.5 Å². The molecule has 0 bridgehead atoms. The first-order valence-electron chi connectivity index (χ1n) is 6.64. The van der Waals surface area contributed by atoms with Gasteiger partial charge in [-0.05, 0) is 33.6 Å².